The fourth-order valence-corrected chi connectivity index (χ4v) is 1.17. The molecule has 0 rings (SSSR count). The molecule has 16 heavy (non-hydrogen) atoms. The first-order valence-electron chi connectivity index (χ1n) is 5.94. The maximum atomic E-state index is 11.3. The molecule has 0 amide bonds. The zero-order chi connectivity index (χ0) is 12.6. The number of ketones is 1. The summed E-state index contributed by atoms with van der Waals surface area (Å²) in [4.78, 5) is 11.3. The van der Waals surface area contributed by atoms with E-state index in [1.807, 2.05) is 26.0 Å². The molecule has 0 spiro atoms. The van der Waals surface area contributed by atoms with E-state index in [1.165, 1.54) is 11.1 Å². The first-order chi connectivity index (χ1) is 7.43. The van der Waals surface area contributed by atoms with E-state index in [9.17, 15) is 4.79 Å². The van der Waals surface area contributed by atoms with Gasteiger partial charge >= 0.3 is 0 Å². The van der Waals surface area contributed by atoms with Crippen molar-refractivity contribution < 1.29 is 4.79 Å². The van der Waals surface area contributed by atoms with Crippen molar-refractivity contribution in [1.29, 1.82) is 0 Å². The van der Waals surface area contributed by atoms with Crippen LogP contribution in [0.15, 0.2) is 35.5 Å². The molecule has 0 bridgehead atoms. The van der Waals surface area contributed by atoms with Gasteiger partial charge in [0.1, 0.15) is 0 Å². The summed E-state index contributed by atoms with van der Waals surface area (Å²) in [5.74, 6) is 0.281. The molecule has 0 aliphatic rings. The van der Waals surface area contributed by atoms with Gasteiger partial charge < -0.3 is 0 Å². The Morgan fingerprint density at radius 1 is 1.19 bits per heavy atom. The number of carbonyl (C=O) groups excluding carboxylic acids is 1. The molecule has 0 atom stereocenters. The summed E-state index contributed by atoms with van der Waals surface area (Å²) in [5, 5.41) is 0. The molecule has 0 unspecified atom stereocenters. The minimum absolute atomic E-state index is 0.0932. The Balaban J connectivity index is 4.05. The Labute approximate surface area is 99.9 Å². The zero-order valence-corrected chi connectivity index (χ0v) is 11.2. The molecule has 0 radical (unpaired) electrons. The monoisotopic (exact) mass is 220 g/mol. The summed E-state index contributed by atoms with van der Waals surface area (Å²) in [7, 11) is 0. The zero-order valence-electron chi connectivity index (χ0n) is 11.2. The van der Waals surface area contributed by atoms with Crippen molar-refractivity contribution in [3.63, 3.8) is 0 Å². The Hall–Kier alpha value is -1.11. The van der Waals surface area contributed by atoms with Crippen LogP contribution in [0.3, 0.4) is 0 Å². The van der Waals surface area contributed by atoms with E-state index < -0.39 is 0 Å². The molecule has 0 saturated carbocycles. The standard InChI is InChI=1S/C15H24O/c1-12(2)8-6-9-14(5)10-7-11-15(16)13(3)4/h7-8,10-11,13H,6,9H2,1-5H3. The predicted molar refractivity (Wildman–Crippen MR) is 71.4 cm³/mol. The molecule has 1 heteroatoms. The van der Waals surface area contributed by atoms with E-state index >= 15 is 0 Å². The maximum Gasteiger partial charge on any atom is 0.158 e. The highest BCUT2D eigenvalue weighted by Gasteiger charge is 2.00. The van der Waals surface area contributed by atoms with Crippen LogP contribution in [0.4, 0.5) is 0 Å². The topological polar surface area (TPSA) is 17.1 Å². The second kappa shape index (κ2) is 8.09. The van der Waals surface area contributed by atoms with Crippen molar-refractivity contribution in [2.45, 2.75) is 47.5 Å². The smallest absolute Gasteiger partial charge is 0.158 e. The lowest BCUT2D eigenvalue weighted by Crippen LogP contribution is -2.01. The highest BCUT2D eigenvalue weighted by molar-refractivity contribution is 5.91. The molecular weight excluding hydrogens is 196 g/mol. The van der Waals surface area contributed by atoms with Crippen LogP contribution in [-0.2, 0) is 4.79 Å². The largest absolute Gasteiger partial charge is 0.295 e. The van der Waals surface area contributed by atoms with Crippen molar-refractivity contribution in [2.24, 2.45) is 5.92 Å². The van der Waals surface area contributed by atoms with Gasteiger partial charge in [0, 0.05) is 5.92 Å². The normalized spacial score (nSPS) is 12.2. The quantitative estimate of drug-likeness (QED) is 0.367. The first kappa shape index (κ1) is 14.9. The van der Waals surface area contributed by atoms with Crippen LogP contribution >= 0.6 is 0 Å². The van der Waals surface area contributed by atoms with Gasteiger partial charge in [-0.1, -0.05) is 43.2 Å². The minimum atomic E-state index is 0.0932. The van der Waals surface area contributed by atoms with Gasteiger partial charge in [-0.15, -0.1) is 0 Å². The van der Waals surface area contributed by atoms with E-state index in [2.05, 4.69) is 26.8 Å². The second-order valence-corrected chi connectivity index (χ2v) is 4.75. The minimum Gasteiger partial charge on any atom is -0.295 e. The highest BCUT2D eigenvalue weighted by atomic mass is 16.1. The third-order valence-corrected chi connectivity index (χ3v) is 2.30. The number of hydrogen-bond donors (Lipinski definition) is 0. The van der Waals surface area contributed by atoms with Crippen molar-refractivity contribution in [2.75, 3.05) is 0 Å². The highest BCUT2D eigenvalue weighted by Crippen LogP contribution is 2.06. The van der Waals surface area contributed by atoms with E-state index in [4.69, 9.17) is 0 Å². The summed E-state index contributed by atoms with van der Waals surface area (Å²) < 4.78 is 0. The number of hydrogen-bond acceptors (Lipinski definition) is 1. The third-order valence-electron chi connectivity index (χ3n) is 2.30. The van der Waals surface area contributed by atoms with Gasteiger partial charge in [0.05, 0.1) is 0 Å². The molecule has 1 nitrogen and oxygen atoms in total. The van der Waals surface area contributed by atoms with Crippen LogP contribution in [0.5, 0.6) is 0 Å². The molecule has 0 heterocycles. The molecular formula is C15H24O. The lowest BCUT2D eigenvalue weighted by atomic mass is 10.1. The lowest BCUT2D eigenvalue weighted by molar-refractivity contribution is -0.117. The van der Waals surface area contributed by atoms with Crippen LogP contribution in [-0.4, -0.2) is 5.78 Å². The molecule has 90 valence electrons. The number of allylic oxidation sites excluding steroid dienone is 6. The van der Waals surface area contributed by atoms with E-state index in [1.54, 1.807) is 6.08 Å². The summed E-state index contributed by atoms with van der Waals surface area (Å²) >= 11 is 0. The Bertz CT molecular complexity index is 299. The molecule has 0 aromatic rings. The van der Waals surface area contributed by atoms with Crippen LogP contribution < -0.4 is 0 Å². The van der Waals surface area contributed by atoms with Crippen LogP contribution in [0.25, 0.3) is 0 Å². The van der Waals surface area contributed by atoms with Gasteiger partial charge in [0.2, 0.25) is 0 Å². The average Bonchev–Trinajstić information content (AvgIpc) is 2.16. The first-order valence-corrected chi connectivity index (χ1v) is 5.94. The predicted octanol–water partition coefficient (Wildman–Crippen LogP) is 4.46. The van der Waals surface area contributed by atoms with Crippen molar-refractivity contribution in [1.82, 2.24) is 0 Å². The van der Waals surface area contributed by atoms with E-state index in [-0.39, 0.29) is 11.7 Å². The van der Waals surface area contributed by atoms with Gasteiger partial charge in [-0.25, -0.2) is 0 Å². The molecule has 0 aliphatic heterocycles. The van der Waals surface area contributed by atoms with Crippen LogP contribution in [0, 0.1) is 5.92 Å². The summed E-state index contributed by atoms with van der Waals surface area (Å²) in [6.45, 7) is 10.2. The molecule has 0 fully saturated rings. The Morgan fingerprint density at radius 3 is 2.31 bits per heavy atom. The second-order valence-electron chi connectivity index (χ2n) is 4.75. The van der Waals surface area contributed by atoms with Gasteiger partial charge in [-0.3, -0.25) is 4.79 Å². The van der Waals surface area contributed by atoms with Crippen molar-refractivity contribution in [3.05, 3.63) is 35.5 Å². The lowest BCUT2D eigenvalue weighted by Gasteiger charge is -1.97. The number of carbonyl (C=O) groups is 1. The summed E-state index contributed by atoms with van der Waals surface area (Å²) in [6.07, 6.45) is 9.93. The Morgan fingerprint density at radius 2 is 1.81 bits per heavy atom. The molecule has 0 aliphatic carbocycles. The fraction of sp³-hybridized carbons (Fsp3) is 0.533. The third kappa shape index (κ3) is 8.22. The SMILES string of the molecule is CC(C)=CCCC(C)=CC=CC(=O)C(C)C. The molecule has 0 aromatic carbocycles. The van der Waals surface area contributed by atoms with Crippen molar-refractivity contribution >= 4 is 5.78 Å². The maximum absolute atomic E-state index is 11.3. The molecule has 0 saturated heterocycles. The van der Waals surface area contributed by atoms with E-state index in [0.717, 1.165) is 12.8 Å². The van der Waals surface area contributed by atoms with Crippen molar-refractivity contribution in [3.8, 4) is 0 Å². The van der Waals surface area contributed by atoms with Gasteiger partial charge in [-0.05, 0) is 39.7 Å². The fourth-order valence-electron chi connectivity index (χ4n) is 1.17. The van der Waals surface area contributed by atoms with E-state index in [0.29, 0.717) is 0 Å². The molecule has 0 aromatic heterocycles. The summed E-state index contributed by atoms with van der Waals surface area (Å²) in [5.41, 5.74) is 2.67. The van der Waals surface area contributed by atoms with Gasteiger partial charge in [0.15, 0.2) is 5.78 Å². The summed E-state index contributed by atoms with van der Waals surface area (Å²) in [6, 6.07) is 0. The Kier molecular flexibility index (Phi) is 7.53. The number of rotatable bonds is 6. The van der Waals surface area contributed by atoms with Gasteiger partial charge in [0.25, 0.3) is 0 Å². The van der Waals surface area contributed by atoms with Gasteiger partial charge in [-0.2, -0.15) is 0 Å². The van der Waals surface area contributed by atoms with Crippen LogP contribution in [0.2, 0.25) is 0 Å². The average molecular weight is 220 g/mol. The van der Waals surface area contributed by atoms with Crippen LogP contribution in [0.1, 0.15) is 47.5 Å². The molecule has 0 N–H and O–H groups in total.